The monoisotopic (exact) mass is 261 g/mol. The number of nitrogens with one attached hydrogen (secondary N) is 1. The summed E-state index contributed by atoms with van der Waals surface area (Å²) >= 11 is 0. The number of halogens is 2. The van der Waals surface area contributed by atoms with Crippen LogP contribution in [0.5, 0.6) is 0 Å². The van der Waals surface area contributed by atoms with Gasteiger partial charge in [-0.25, -0.2) is 8.78 Å². The van der Waals surface area contributed by atoms with Crippen LogP contribution in [0.2, 0.25) is 0 Å². The molecule has 0 fully saturated rings. The van der Waals surface area contributed by atoms with Gasteiger partial charge in [-0.2, -0.15) is 0 Å². The maximum absolute atomic E-state index is 13.1. The molecule has 0 saturated carbocycles. The maximum atomic E-state index is 13.1. The normalized spacial score (nSPS) is 10.3. The lowest BCUT2D eigenvalue weighted by molar-refractivity contribution is -0.115. The molecule has 2 nitrogen and oxygen atoms in total. The summed E-state index contributed by atoms with van der Waals surface area (Å²) in [5.74, 6) is -1.10. The molecule has 4 heteroatoms. The molecule has 0 heterocycles. The van der Waals surface area contributed by atoms with E-state index in [-0.39, 0.29) is 18.1 Å². The van der Waals surface area contributed by atoms with E-state index in [4.69, 9.17) is 0 Å². The van der Waals surface area contributed by atoms with Crippen molar-refractivity contribution in [3.05, 3.63) is 65.2 Å². The Morgan fingerprint density at radius 3 is 2.58 bits per heavy atom. The molecule has 19 heavy (non-hydrogen) atoms. The molecule has 98 valence electrons. The van der Waals surface area contributed by atoms with Crippen molar-refractivity contribution in [3.8, 4) is 0 Å². The second-order valence-electron chi connectivity index (χ2n) is 4.31. The average molecular weight is 261 g/mol. The van der Waals surface area contributed by atoms with Crippen LogP contribution in [0.1, 0.15) is 11.1 Å². The molecule has 0 aromatic heterocycles. The highest BCUT2D eigenvalue weighted by Gasteiger charge is 2.07. The van der Waals surface area contributed by atoms with Crippen molar-refractivity contribution in [2.75, 3.05) is 5.32 Å². The molecule has 1 N–H and O–H groups in total. The Labute approximate surface area is 110 Å². The fourth-order valence-electron chi connectivity index (χ4n) is 1.76. The molecule has 0 atom stereocenters. The number of anilines is 1. The lowest BCUT2D eigenvalue weighted by Gasteiger charge is -2.08. The van der Waals surface area contributed by atoms with E-state index in [0.717, 1.165) is 5.56 Å². The summed E-state index contributed by atoms with van der Waals surface area (Å²) in [5, 5.41) is 2.62. The van der Waals surface area contributed by atoms with Crippen LogP contribution in [0.25, 0.3) is 0 Å². The number of hydrogen-bond donors (Lipinski definition) is 1. The minimum atomic E-state index is -0.411. The molecule has 2 aromatic rings. The minimum absolute atomic E-state index is 0.0493. The predicted molar refractivity (Wildman–Crippen MR) is 69.9 cm³/mol. The predicted octanol–water partition coefficient (Wildman–Crippen LogP) is 3.45. The quantitative estimate of drug-likeness (QED) is 0.900. The second-order valence-corrected chi connectivity index (χ2v) is 4.31. The highest BCUT2D eigenvalue weighted by molar-refractivity contribution is 5.92. The number of rotatable bonds is 3. The van der Waals surface area contributed by atoms with E-state index in [1.54, 1.807) is 25.1 Å². The van der Waals surface area contributed by atoms with Gasteiger partial charge in [0, 0.05) is 5.69 Å². The molecule has 1 amide bonds. The highest BCUT2D eigenvalue weighted by Crippen LogP contribution is 2.16. The van der Waals surface area contributed by atoms with Gasteiger partial charge < -0.3 is 5.32 Å². The van der Waals surface area contributed by atoms with Gasteiger partial charge in [-0.1, -0.05) is 18.2 Å². The summed E-state index contributed by atoms with van der Waals surface area (Å²) < 4.78 is 26.1. The maximum Gasteiger partial charge on any atom is 0.228 e. The average Bonchev–Trinajstić information content (AvgIpc) is 2.34. The van der Waals surface area contributed by atoms with Gasteiger partial charge in [0.2, 0.25) is 5.91 Å². The van der Waals surface area contributed by atoms with E-state index in [1.165, 1.54) is 24.3 Å². The minimum Gasteiger partial charge on any atom is -0.325 e. The van der Waals surface area contributed by atoms with Crippen molar-refractivity contribution in [2.45, 2.75) is 13.3 Å². The molecule has 0 aliphatic heterocycles. The van der Waals surface area contributed by atoms with Crippen LogP contribution in [0.3, 0.4) is 0 Å². The molecule has 2 aromatic carbocycles. The molecule has 0 unspecified atom stereocenters. The molecule has 0 radical (unpaired) electrons. The zero-order valence-electron chi connectivity index (χ0n) is 10.4. The van der Waals surface area contributed by atoms with Gasteiger partial charge >= 0.3 is 0 Å². The molecule has 0 saturated heterocycles. The Kier molecular flexibility index (Phi) is 3.90. The summed E-state index contributed by atoms with van der Waals surface area (Å²) in [7, 11) is 0. The molecule has 0 spiro atoms. The van der Waals surface area contributed by atoms with Crippen LogP contribution in [0.15, 0.2) is 42.5 Å². The van der Waals surface area contributed by atoms with Crippen LogP contribution in [-0.2, 0) is 11.2 Å². The molecule has 0 bridgehead atoms. The fourth-order valence-corrected chi connectivity index (χ4v) is 1.76. The Morgan fingerprint density at radius 1 is 1.11 bits per heavy atom. The van der Waals surface area contributed by atoms with E-state index < -0.39 is 5.82 Å². The van der Waals surface area contributed by atoms with Gasteiger partial charge in [-0.15, -0.1) is 0 Å². The van der Waals surface area contributed by atoms with Gasteiger partial charge in [0.1, 0.15) is 11.6 Å². The summed E-state index contributed by atoms with van der Waals surface area (Å²) in [6, 6.07) is 10.0. The van der Waals surface area contributed by atoms with E-state index in [2.05, 4.69) is 5.32 Å². The third-order valence-electron chi connectivity index (χ3n) is 2.73. The second kappa shape index (κ2) is 5.61. The molecule has 2 rings (SSSR count). The molecular formula is C15H13F2NO. The van der Waals surface area contributed by atoms with Crippen molar-refractivity contribution in [2.24, 2.45) is 0 Å². The van der Waals surface area contributed by atoms with E-state index in [1.807, 2.05) is 0 Å². The van der Waals surface area contributed by atoms with Crippen molar-refractivity contribution in [1.29, 1.82) is 0 Å². The van der Waals surface area contributed by atoms with Crippen LogP contribution >= 0.6 is 0 Å². The van der Waals surface area contributed by atoms with Crippen LogP contribution < -0.4 is 5.32 Å². The Bertz CT molecular complexity index is 611. The number of amides is 1. The first kappa shape index (κ1) is 13.2. The number of carbonyl (C=O) groups is 1. The molecule has 0 aliphatic carbocycles. The van der Waals surface area contributed by atoms with Crippen molar-refractivity contribution < 1.29 is 13.6 Å². The molecular weight excluding hydrogens is 248 g/mol. The number of aryl methyl sites for hydroxylation is 1. The highest BCUT2D eigenvalue weighted by atomic mass is 19.1. The van der Waals surface area contributed by atoms with Gasteiger partial charge in [0.25, 0.3) is 0 Å². The number of benzene rings is 2. The van der Waals surface area contributed by atoms with E-state index >= 15 is 0 Å². The summed E-state index contributed by atoms with van der Waals surface area (Å²) in [5.41, 5.74) is 1.78. The first-order valence-electron chi connectivity index (χ1n) is 5.85. The van der Waals surface area contributed by atoms with Gasteiger partial charge in [-0.3, -0.25) is 4.79 Å². The van der Waals surface area contributed by atoms with Crippen LogP contribution in [0, 0.1) is 18.6 Å². The first-order chi connectivity index (χ1) is 9.04. The van der Waals surface area contributed by atoms with Crippen molar-refractivity contribution in [3.63, 3.8) is 0 Å². The third-order valence-corrected chi connectivity index (χ3v) is 2.73. The topological polar surface area (TPSA) is 29.1 Å². The zero-order chi connectivity index (χ0) is 13.8. The number of hydrogen-bond acceptors (Lipinski definition) is 1. The molecule has 0 aliphatic rings. The van der Waals surface area contributed by atoms with Crippen LogP contribution in [-0.4, -0.2) is 5.91 Å². The Balaban J connectivity index is 2.07. The largest absolute Gasteiger partial charge is 0.325 e. The Morgan fingerprint density at radius 2 is 1.84 bits per heavy atom. The fraction of sp³-hybridized carbons (Fsp3) is 0.133. The SMILES string of the molecule is Cc1ccc(F)cc1NC(=O)Cc1cccc(F)c1. The van der Waals surface area contributed by atoms with Crippen LogP contribution in [0.4, 0.5) is 14.5 Å². The lowest BCUT2D eigenvalue weighted by atomic mass is 10.1. The van der Waals surface area contributed by atoms with Gasteiger partial charge in [0.05, 0.1) is 6.42 Å². The van der Waals surface area contributed by atoms with E-state index in [0.29, 0.717) is 11.3 Å². The van der Waals surface area contributed by atoms with Gasteiger partial charge in [-0.05, 0) is 42.3 Å². The summed E-state index contributed by atoms with van der Waals surface area (Å²) in [4.78, 5) is 11.8. The third kappa shape index (κ3) is 3.61. The zero-order valence-corrected chi connectivity index (χ0v) is 10.4. The lowest BCUT2D eigenvalue weighted by Crippen LogP contribution is -2.15. The van der Waals surface area contributed by atoms with Crippen molar-refractivity contribution >= 4 is 11.6 Å². The summed E-state index contributed by atoms with van der Waals surface area (Å²) in [6.07, 6.45) is 0.0493. The smallest absolute Gasteiger partial charge is 0.228 e. The first-order valence-corrected chi connectivity index (χ1v) is 5.85. The summed E-state index contributed by atoms with van der Waals surface area (Å²) in [6.45, 7) is 1.78. The van der Waals surface area contributed by atoms with E-state index in [9.17, 15) is 13.6 Å². The standard InChI is InChI=1S/C15H13F2NO/c1-10-5-6-13(17)9-14(10)18-15(19)8-11-3-2-4-12(16)7-11/h2-7,9H,8H2,1H3,(H,18,19). The van der Waals surface area contributed by atoms with Crippen molar-refractivity contribution in [1.82, 2.24) is 0 Å². The Hall–Kier alpha value is -2.23. The number of carbonyl (C=O) groups excluding carboxylic acids is 1. The van der Waals surface area contributed by atoms with Gasteiger partial charge in [0.15, 0.2) is 0 Å².